The Bertz CT molecular complexity index is 217. The summed E-state index contributed by atoms with van der Waals surface area (Å²) < 4.78 is 4.63. The molecule has 0 rings (SSSR count). The third kappa shape index (κ3) is 62.6. The van der Waals surface area contributed by atoms with Crippen LogP contribution < -0.4 is 0 Å². The van der Waals surface area contributed by atoms with Crippen LogP contribution in [0.5, 0.6) is 0 Å². The van der Waals surface area contributed by atoms with Crippen molar-refractivity contribution in [1.29, 1.82) is 0 Å². The summed E-state index contributed by atoms with van der Waals surface area (Å²) in [5.74, 6) is -2.99. The summed E-state index contributed by atoms with van der Waals surface area (Å²) in [6.07, 6.45) is -0.593. The third-order valence-electron chi connectivity index (χ3n) is 1.02. The molecule has 0 bridgehead atoms. The maximum atomic E-state index is 9.64. The van der Waals surface area contributed by atoms with Crippen molar-refractivity contribution in [3.05, 3.63) is 0 Å². The molecule has 0 aliphatic carbocycles. The highest BCUT2D eigenvalue weighted by molar-refractivity contribution is 5.75. The summed E-state index contributed by atoms with van der Waals surface area (Å²) in [5, 5.41) is 39.4. The Morgan fingerprint density at radius 1 is 0.842 bits per heavy atom. The predicted molar refractivity (Wildman–Crippen MR) is 62.8 cm³/mol. The lowest BCUT2D eigenvalue weighted by molar-refractivity contribution is -0.143. The van der Waals surface area contributed by atoms with E-state index in [1.54, 1.807) is 0 Å². The van der Waals surface area contributed by atoms with Gasteiger partial charge >= 0.3 is 11.9 Å². The minimum absolute atomic E-state index is 0.0278. The summed E-state index contributed by atoms with van der Waals surface area (Å²) in [6, 6.07) is 0. The first-order valence-electron chi connectivity index (χ1n) is 5.20. The number of rotatable bonds is 7. The van der Waals surface area contributed by atoms with Gasteiger partial charge in [-0.2, -0.15) is 0 Å². The zero-order chi connectivity index (χ0) is 15.7. The van der Waals surface area contributed by atoms with E-state index in [2.05, 4.69) is 4.74 Å². The van der Waals surface area contributed by atoms with Gasteiger partial charge in [0.25, 0.3) is 5.97 Å². The number of carboxylic acid groups (broad SMARTS) is 3. The molecular weight excluding hydrogens is 264 g/mol. The fourth-order valence-electron chi connectivity index (χ4n) is 0.445. The monoisotopic (exact) mass is 284 g/mol. The van der Waals surface area contributed by atoms with Crippen molar-refractivity contribution < 1.29 is 44.7 Å². The standard InChI is InChI=1S/C4H6O4.C4H10O3.C2H4O2/c5-3(6)1-2-4(7)8;5-1-3-7-4-2-6;1-2(3)4/h1-2H2,(H,5,6)(H,7,8);5-6H,1-4H2;1H3,(H,3,4). The van der Waals surface area contributed by atoms with E-state index in [1.807, 2.05) is 0 Å². The maximum absolute atomic E-state index is 9.64. The molecule has 0 atom stereocenters. The molecule has 114 valence electrons. The highest BCUT2D eigenvalue weighted by Crippen LogP contribution is 1.86. The van der Waals surface area contributed by atoms with Crippen molar-refractivity contribution in [2.45, 2.75) is 19.8 Å². The van der Waals surface area contributed by atoms with Crippen LogP contribution in [0, 0.1) is 0 Å². The van der Waals surface area contributed by atoms with Crippen molar-refractivity contribution in [3.8, 4) is 0 Å². The summed E-state index contributed by atoms with van der Waals surface area (Å²) in [5.41, 5.74) is 0. The number of aliphatic carboxylic acids is 3. The summed E-state index contributed by atoms with van der Waals surface area (Å²) in [4.78, 5) is 28.3. The van der Waals surface area contributed by atoms with Gasteiger partial charge in [0.1, 0.15) is 0 Å². The Balaban J connectivity index is -0.000000214. The molecule has 19 heavy (non-hydrogen) atoms. The Morgan fingerprint density at radius 3 is 1.26 bits per heavy atom. The fraction of sp³-hybridized carbons (Fsp3) is 0.700. The van der Waals surface area contributed by atoms with Crippen molar-refractivity contribution in [2.24, 2.45) is 0 Å². The largest absolute Gasteiger partial charge is 0.481 e. The number of aliphatic hydroxyl groups excluding tert-OH is 2. The van der Waals surface area contributed by atoms with Gasteiger partial charge in [0.05, 0.1) is 39.3 Å². The molecule has 0 aliphatic heterocycles. The number of ether oxygens (including phenoxy) is 1. The van der Waals surface area contributed by atoms with E-state index < -0.39 is 17.9 Å². The van der Waals surface area contributed by atoms with Crippen molar-refractivity contribution in [2.75, 3.05) is 26.4 Å². The van der Waals surface area contributed by atoms with E-state index in [1.165, 1.54) is 0 Å². The Morgan fingerprint density at radius 2 is 1.11 bits per heavy atom. The van der Waals surface area contributed by atoms with Crippen LogP contribution in [-0.2, 0) is 19.1 Å². The lowest BCUT2D eigenvalue weighted by Crippen LogP contribution is -2.03. The van der Waals surface area contributed by atoms with E-state index in [0.29, 0.717) is 13.2 Å². The van der Waals surface area contributed by atoms with Crippen LogP contribution in [0.3, 0.4) is 0 Å². The number of aliphatic hydroxyl groups is 2. The van der Waals surface area contributed by atoms with E-state index >= 15 is 0 Å². The Hall–Kier alpha value is -1.71. The molecule has 0 aromatic carbocycles. The third-order valence-corrected chi connectivity index (χ3v) is 1.02. The molecule has 5 N–H and O–H groups in total. The smallest absolute Gasteiger partial charge is 0.303 e. The molecule has 0 radical (unpaired) electrons. The number of carbonyl (C=O) groups is 3. The van der Waals surface area contributed by atoms with E-state index in [9.17, 15) is 9.59 Å². The van der Waals surface area contributed by atoms with Crippen LogP contribution in [0.4, 0.5) is 0 Å². The molecule has 0 amide bonds. The normalized spacial score (nSPS) is 8.37. The molecule has 0 aromatic heterocycles. The zero-order valence-electron chi connectivity index (χ0n) is 10.6. The predicted octanol–water partition coefficient (Wildman–Crippen LogP) is -0.986. The maximum Gasteiger partial charge on any atom is 0.303 e. The Kier molecular flexibility index (Phi) is 22.1. The van der Waals surface area contributed by atoms with Gasteiger partial charge in [0.15, 0.2) is 0 Å². The first kappa shape index (κ1) is 22.5. The number of carboxylic acids is 3. The van der Waals surface area contributed by atoms with E-state index in [0.717, 1.165) is 6.92 Å². The van der Waals surface area contributed by atoms with Crippen molar-refractivity contribution >= 4 is 17.9 Å². The second kappa shape index (κ2) is 18.6. The van der Waals surface area contributed by atoms with Crippen LogP contribution in [-0.4, -0.2) is 69.9 Å². The first-order valence-corrected chi connectivity index (χ1v) is 5.20. The molecule has 9 heteroatoms. The van der Waals surface area contributed by atoms with Gasteiger partial charge in [-0.3, -0.25) is 14.4 Å². The molecule has 0 aliphatic rings. The summed E-state index contributed by atoms with van der Waals surface area (Å²) in [7, 11) is 0. The van der Waals surface area contributed by atoms with Crippen LogP contribution in [0.15, 0.2) is 0 Å². The number of hydrogen-bond donors (Lipinski definition) is 5. The SMILES string of the molecule is CC(=O)O.O=C(O)CCC(=O)O.OCCOCCO. The highest BCUT2D eigenvalue weighted by Gasteiger charge is 2.00. The van der Waals surface area contributed by atoms with Crippen LogP contribution in [0.25, 0.3) is 0 Å². The topological polar surface area (TPSA) is 162 Å². The van der Waals surface area contributed by atoms with Gasteiger partial charge in [-0.1, -0.05) is 0 Å². The van der Waals surface area contributed by atoms with Crippen molar-refractivity contribution in [3.63, 3.8) is 0 Å². The molecule has 0 fully saturated rings. The van der Waals surface area contributed by atoms with Crippen LogP contribution in [0.1, 0.15) is 19.8 Å². The Labute approximate surface area is 110 Å². The second-order valence-electron chi connectivity index (χ2n) is 2.87. The van der Waals surface area contributed by atoms with Gasteiger partial charge in [0.2, 0.25) is 0 Å². The molecule has 0 saturated heterocycles. The van der Waals surface area contributed by atoms with Gasteiger partial charge < -0.3 is 30.3 Å². The number of hydrogen-bond acceptors (Lipinski definition) is 6. The lowest BCUT2D eigenvalue weighted by Gasteiger charge is -1.94. The molecule has 9 nitrogen and oxygen atoms in total. The zero-order valence-corrected chi connectivity index (χ0v) is 10.6. The quantitative estimate of drug-likeness (QED) is 0.369. The minimum Gasteiger partial charge on any atom is -0.481 e. The molecular formula is C10H20O9. The fourth-order valence-corrected chi connectivity index (χ4v) is 0.445. The average Bonchev–Trinajstić information content (AvgIpc) is 2.27. The highest BCUT2D eigenvalue weighted by atomic mass is 16.5. The molecule has 0 spiro atoms. The molecule has 0 aromatic rings. The van der Waals surface area contributed by atoms with Gasteiger partial charge in [-0.15, -0.1) is 0 Å². The van der Waals surface area contributed by atoms with Gasteiger partial charge in [-0.25, -0.2) is 0 Å². The van der Waals surface area contributed by atoms with Crippen LogP contribution >= 0.6 is 0 Å². The van der Waals surface area contributed by atoms with Gasteiger partial charge in [-0.05, 0) is 0 Å². The second-order valence-corrected chi connectivity index (χ2v) is 2.87. The molecule has 0 unspecified atom stereocenters. The van der Waals surface area contributed by atoms with E-state index in [-0.39, 0.29) is 26.1 Å². The molecule has 0 saturated carbocycles. The van der Waals surface area contributed by atoms with E-state index in [4.69, 9.17) is 30.3 Å². The summed E-state index contributed by atoms with van der Waals surface area (Å²) >= 11 is 0. The minimum atomic E-state index is -1.08. The van der Waals surface area contributed by atoms with Crippen LogP contribution in [0.2, 0.25) is 0 Å². The summed E-state index contributed by atoms with van der Waals surface area (Å²) in [6.45, 7) is 1.78. The van der Waals surface area contributed by atoms with Gasteiger partial charge in [0, 0.05) is 6.92 Å². The lowest BCUT2D eigenvalue weighted by atomic mass is 10.3. The average molecular weight is 284 g/mol. The molecule has 0 heterocycles. The first-order chi connectivity index (χ1) is 8.77. The van der Waals surface area contributed by atoms with Crippen molar-refractivity contribution in [1.82, 2.24) is 0 Å².